The molecule has 1 N–H and O–H groups in total. The lowest BCUT2D eigenvalue weighted by molar-refractivity contribution is -0.377. The predicted molar refractivity (Wildman–Crippen MR) is 45.1 cm³/mol. The van der Waals surface area contributed by atoms with Crippen molar-refractivity contribution < 1.29 is 27.0 Å². The van der Waals surface area contributed by atoms with Gasteiger partial charge in [0.2, 0.25) is 6.33 Å². The van der Waals surface area contributed by atoms with Crippen molar-refractivity contribution in [2.45, 2.75) is 0 Å². The van der Waals surface area contributed by atoms with Gasteiger partial charge in [-0.1, -0.05) is 0 Å². The monoisotopic (exact) mass is 216 g/mol. The van der Waals surface area contributed by atoms with Crippen molar-refractivity contribution in [3.63, 3.8) is 0 Å². The summed E-state index contributed by atoms with van der Waals surface area (Å²) in [4.78, 5) is 2.89. The fraction of sp³-hybridized carbons (Fsp3) is 0.500. The topological polar surface area (TPSA) is 28.3 Å². The molecule has 0 amide bonds. The highest BCUT2D eigenvalue weighted by molar-refractivity contribution is 6.50. The minimum atomic E-state index is -6.00. The van der Waals surface area contributed by atoms with Crippen LogP contribution in [0.2, 0.25) is 0 Å². The summed E-state index contributed by atoms with van der Waals surface area (Å²) in [5.41, 5.74) is 0. The van der Waals surface area contributed by atoms with Crippen LogP contribution in [0.15, 0.2) is 18.7 Å². The van der Waals surface area contributed by atoms with E-state index in [0.29, 0.717) is 0 Å². The molecule has 1 rings (SSSR count). The molecule has 1 aromatic rings. The number of nitrogens with zero attached hydrogens (tertiary/aromatic N) is 1. The van der Waals surface area contributed by atoms with Gasteiger partial charge in [0.05, 0.1) is 7.05 Å². The fourth-order valence-corrected chi connectivity index (χ4v) is 0.364. The Bertz CT molecular complexity index is 196. The molecule has 3 nitrogen and oxygen atoms in total. The lowest BCUT2D eigenvalue weighted by Gasteiger charge is -1.94. The molecule has 0 saturated heterocycles. The van der Waals surface area contributed by atoms with E-state index in [1.165, 1.54) is 0 Å². The van der Waals surface area contributed by atoms with Crippen LogP contribution < -0.4 is 4.98 Å². The fourth-order valence-electron chi connectivity index (χ4n) is 0.364. The average molecular weight is 216 g/mol. The Kier molecular flexibility index (Phi) is 9.42. The number of methoxy groups -OCH3 is 1. The van der Waals surface area contributed by atoms with Gasteiger partial charge in [-0.05, 0) is 0 Å². The zero-order chi connectivity index (χ0) is 11.6. The number of hydrogen-bond acceptors (Lipinski definition) is 1. The van der Waals surface area contributed by atoms with E-state index in [9.17, 15) is 17.3 Å². The van der Waals surface area contributed by atoms with E-state index >= 15 is 0 Å². The third-order valence-electron chi connectivity index (χ3n) is 0.684. The number of ether oxygens (including phenoxy) is 1. The van der Waals surface area contributed by atoms with Crippen molar-refractivity contribution >= 4 is 7.25 Å². The highest BCUT2D eigenvalue weighted by Crippen LogP contribution is 2.06. The molecular weight excluding hydrogens is 203 g/mol. The van der Waals surface area contributed by atoms with Crippen LogP contribution in [0.3, 0.4) is 0 Å². The minimum Gasteiger partial charge on any atom is -0.418 e. The summed E-state index contributed by atoms with van der Waals surface area (Å²) in [6.45, 7) is 0. The summed E-state index contributed by atoms with van der Waals surface area (Å²) in [7, 11) is -0.781. The molecule has 0 aliphatic rings. The molecule has 1 heterocycles. The first-order valence-electron chi connectivity index (χ1n) is 3.56. The van der Waals surface area contributed by atoms with Gasteiger partial charge in [-0.3, -0.25) is 4.98 Å². The summed E-state index contributed by atoms with van der Waals surface area (Å²) in [6.07, 6.45) is 5.69. The zero-order valence-corrected chi connectivity index (χ0v) is 8.18. The number of hydrogen-bond donors (Lipinski definition) is 0. The number of imidazole rings is 1. The molecule has 14 heavy (non-hydrogen) atoms. The molecule has 0 radical (unpaired) electrons. The van der Waals surface area contributed by atoms with Crippen molar-refractivity contribution in [1.82, 2.24) is 4.57 Å². The normalized spacial score (nSPS) is 9.36. The standard InChI is InChI=1S/C4H6N2.C2H6O.BF4/c1-6-3-2-5-4-6;1-3-2;2-1(3,4)5/h2-4H,1H3;1-2H3;/q;;-1/p+1. The van der Waals surface area contributed by atoms with E-state index in [1.807, 2.05) is 30.3 Å². The maximum atomic E-state index is 9.75. The average Bonchev–Trinajstić information content (AvgIpc) is 2.37. The van der Waals surface area contributed by atoms with Crippen LogP contribution in [-0.4, -0.2) is 26.0 Å². The largest absolute Gasteiger partial charge is 0.673 e. The number of halogens is 4. The van der Waals surface area contributed by atoms with E-state index in [2.05, 4.69) is 9.72 Å². The summed E-state index contributed by atoms with van der Waals surface area (Å²) in [5, 5.41) is 0. The van der Waals surface area contributed by atoms with E-state index < -0.39 is 7.25 Å². The third-order valence-corrected chi connectivity index (χ3v) is 0.684. The quantitative estimate of drug-likeness (QED) is 0.475. The van der Waals surface area contributed by atoms with E-state index in [-0.39, 0.29) is 0 Å². The van der Waals surface area contributed by atoms with Crippen molar-refractivity contribution in [1.29, 1.82) is 0 Å². The first kappa shape index (κ1) is 15.4. The van der Waals surface area contributed by atoms with E-state index in [0.717, 1.165) is 0 Å². The molecule has 0 saturated carbocycles. The molecule has 0 atom stereocenters. The van der Waals surface area contributed by atoms with Gasteiger partial charge in [-0.2, -0.15) is 0 Å². The van der Waals surface area contributed by atoms with Gasteiger partial charge in [0, 0.05) is 14.2 Å². The molecule has 0 bridgehead atoms. The SMILES string of the molecule is COC.Cn1cc[nH+]c1.F[B-](F)(F)F. The Balaban J connectivity index is 0. The first-order valence-corrected chi connectivity index (χ1v) is 3.56. The van der Waals surface area contributed by atoms with Crippen LogP contribution in [0.4, 0.5) is 17.3 Å². The van der Waals surface area contributed by atoms with Crippen LogP contribution in [-0.2, 0) is 11.8 Å². The molecule has 0 aliphatic carbocycles. The van der Waals surface area contributed by atoms with E-state index in [4.69, 9.17) is 0 Å². The Morgan fingerprint density at radius 3 is 1.64 bits per heavy atom. The van der Waals surface area contributed by atoms with Gasteiger partial charge in [0.15, 0.2) is 0 Å². The number of rotatable bonds is 0. The third kappa shape index (κ3) is 30.6. The van der Waals surface area contributed by atoms with Crippen LogP contribution in [0.1, 0.15) is 0 Å². The van der Waals surface area contributed by atoms with Crippen molar-refractivity contribution in [2.75, 3.05) is 14.2 Å². The van der Waals surface area contributed by atoms with Crippen molar-refractivity contribution in [3.8, 4) is 0 Å². The van der Waals surface area contributed by atoms with Gasteiger partial charge in [-0.25, -0.2) is 4.57 Å². The number of aryl methyl sites for hydroxylation is 1. The Hall–Kier alpha value is -1.05. The van der Waals surface area contributed by atoms with Gasteiger partial charge in [0.25, 0.3) is 0 Å². The Morgan fingerprint density at radius 2 is 1.57 bits per heavy atom. The van der Waals surface area contributed by atoms with Gasteiger partial charge >= 0.3 is 7.25 Å². The van der Waals surface area contributed by atoms with Gasteiger partial charge < -0.3 is 22.0 Å². The number of nitrogens with one attached hydrogen (secondary N) is 1. The van der Waals surface area contributed by atoms with E-state index in [1.54, 1.807) is 14.2 Å². The van der Waals surface area contributed by atoms with Crippen LogP contribution in [0.5, 0.6) is 0 Å². The number of aromatic amines is 1. The maximum Gasteiger partial charge on any atom is 0.673 e. The molecule has 8 heteroatoms. The molecule has 0 aliphatic heterocycles. The van der Waals surface area contributed by atoms with Crippen molar-refractivity contribution in [2.24, 2.45) is 7.05 Å². The second-order valence-electron chi connectivity index (χ2n) is 2.18. The summed E-state index contributed by atoms with van der Waals surface area (Å²) in [5.74, 6) is 0. The molecule has 0 aromatic carbocycles. The molecule has 0 unspecified atom stereocenters. The maximum absolute atomic E-state index is 9.75. The highest BCUT2D eigenvalue weighted by Gasteiger charge is 2.20. The highest BCUT2D eigenvalue weighted by atomic mass is 19.5. The van der Waals surface area contributed by atoms with Crippen LogP contribution >= 0.6 is 0 Å². The van der Waals surface area contributed by atoms with Crippen molar-refractivity contribution in [3.05, 3.63) is 18.7 Å². The second-order valence-corrected chi connectivity index (χ2v) is 2.18. The minimum absolute atomic E-state index is 1.62. The molecule has 0 spiro atoms. The lowest BCUT2D eigenvalue weighted by Crippen LogP contribution is -2.02. The smallest absolute Gasteiger partial charge is 0.418 e. The van der Waals surface area contributed by atoms with Crippen LogP contribution in [0, 0.1) is 0 Å². The summed E-state index contributed by atoms with van der Waals surface area (Å²) < 4.78 is 45.2. The van der Waals surface area contributed by atoms with Gasteiger partial charge in [-0.15, -0.1) is 0 Å². The molecular formula is C6H13BF4N2O. The summed E-state index contributed by atoms with van der Waals surface area (Å²) in [6, 6.07) is 0. The summed E-state index contributed by atoms with van der Waals surface area (Å²) >= 11 is 0. The predicted octanol–water partition coefficient (Wildman–Crippen LogP) is 1.40. The lowest BCUT2D eigenvalue weighted by atomic mass is 10.3. The van der Waals surface area contributed by atoms with Gasteiger partial charge in [0.1, 0.15) is 12.4 Å². The first-order chi connectivity index (χ1) is 6.31. The van der Waals surface area contributed by atoms with Crippen LogP contribution in [0.25, 0.3) is 0 Å². The molecule has 84 valence electrons. The Labute approximate surface area is 79.8 Å². The molecule has 0 fully saturated rings. The number of H-pyrrole nitrogens is 1. The molecule has 1 aromatic heterocycles. The number of aromatic nitrogens is 2. The zero-order valence-electron chi connectivity index (χ0n) is 8.18. The second kappa shape index (κ2) is 8.55. The Morgan fingerprint density at radius 1 is 1.21 bits per heavy atom.